The Kier molecular flexibility index (Phi) is 7.87. The first-order valence-corrected chi connectivity index (χ1v) is 12.3. The van der Waals surface area contributed by atoms with Crippen molar-refractivity contribution in [3.8, 4) is 17.2 Å². The first-order valence-electron chi connectivity index (χ1n) is 11.9. The van der Waals surface area contributed by atoms with Crippen molar-refractivity contribution in [1.29, 1.82) is 5.26 Å². The second-order valence-corrected chi connectivity index (χ2v) is 9.93. The number of methoxy groups -OCH3 is 1. The molecule has 2 aliphatic rings. The number of nitriles is 1. The highest BCUT2D eigenvalue weighted by Gasteiger charge is 2.43. The van der Waals surface area contributed by atoms with Gasteiger partial charge in [-0.05, 0) is 57.6 Å². The molecule has 0 bridgehead atoms. The molecule has 2 aliphatic carbocycles. The zero-order valence-corrected chi connectivity index (χ0v) is 20.5. The van der Waals surface area contributed by atoms with Crippen LogP contribution in [0.25, 0.3) is 11.1 Å². The summed E-state index contributed by atoms with van der Waals surface area (Å²) >= 11 is 6.25. The number of hydrogen-bond acceptors (Lipinski definition) is 7. The van der Waals surface area contributed by atoms with E-state index in [0.29, 0.717) is 59.1 Å². The fourth-order valence-corrected chi connectivity index (χ4v) is 4.69. The van der Waals surface area contributed by atoms with Crippen molar-refractivity contribution in [2.24, 2.45) is 5.41 Å². The largest absolute Gasteiger partial charge is 0.383 e. The summed E-state index contributed by atoms with van der Waals surface area (Å²) in [7, 11) is 1.72. The zero-order valence-electron chi connectivity index (χ0n) is 19.7. The summed E-state index contributed by atoms with van der Waals surface area (Å²) in [5.41, 5.74) is 1.29. The highest BCUT2D eigenvalue weighted by Crippen LogP contribution is 2.45. The minimum atomic E-state index is -0.420. The predicted octanol–water partition coefficient (Wildman–Crippen LogP) is 5.00. The van der Waals surface area contributed by atoms with E-state index in [2.05, 4.69) is 38.9 Å². The summed E-state index contributed by atoms with van der Waals surface area (Å²) in [6, 6.07) is 6.98. The number of pyridine rings is 2. The number of rotatable bonds is 10. The van der Waals surface area contributed by atoms with Crippen LogP contribution < -0.4 is 16.0 Å². The Morgan fingerprint density at radius 1 is 1.21 bits per heavy atom. The maximum absolute atomic E-state index is 14.7. The number of nitrogens with one attached hydrogen (secondary N) is 3. The second kappa shape index (κ2) is 10.9. The van der Waals surface area contributed by atoms with Crippen molar-refractivity contribution in [2.45, 2.75) is 63.6 Å². The number of ether oxygens (including phenoxy) is 1. The van der Waals surface area contributed by atoms with E-state index in [-0.39, 0.29) is 5.41 Å². The standard InChI is InChI=1S/C25H32ClFN6O/c1-16(13-34-2)32-18-3-5-19(6-4-18)33-23-10-20(21(27)12-29-23)17-9-22(24(26)30-11-17)31-15-25(14-28)7-8-25/h9-12,16,18-19,31-32H,3-8,13,15H2,1-2H3,(H,29,33)/t16-,18?,19?/m1/s1. The lowest BCUT2D eigenvalue weighted by atomic mass is 9.90. The SMILES string of the molecule is COC[C@@H](C)NC1CCC(Nc2cc(-c3cnc(Cl)c(NCC4(C#N)CC4)c3)c(F)cn2)CC1. The lowest BCUT2D eigenvalue weighted by Gasteiger charge is -2.31. The maximum atomic E-state index is 14.7. The molecule has 0 spiro atoms. The average Bonchev–Trinajstić information content (AvgIpc) is 3.62. The minimum absolute atomic E-state index is 0.294. The van der Waals surface area contributed by atoms with E-state index in [1.165, 1.54) is 6.20 Å². The lowest BCUT2D eigenvalue weighted by molar-refractivity contribution is 0.161. The van der Waals surface area contributed by atoms with Gasteiger partial charge in [-0.2, -0.15) is 5.26 Å². The summed E-state index contributed by atoms with van der Waals surface area (Å²) in [5, 5.41) is 19.9. The van der Waals surface area contributed by atoms with Crippen LogP contribution in [-0.2, 0) is 4.74 Å². The highest BCUT2D eigenvalue weighted by molar-refractivity contribution is 6.32. The van der Waals surface area contributed by atoms with Crippen molar-refractivity contribution in [3.05, 3.63) is 35.5 Å². The monoisotopic (exact) mass is 486 g/mol. The molecular formula is C25H32ClFN6O. The van der Waals surface area contributed by atoms with E-state index in [9.17, 15) is 9.65 Å². The van der Waals surface area contributed by atoms with Gasteiger partial charge in [0.05, 0.1) is 30.0 Å². The summed E-state index contributed by atoms with van der Waals surface area (Å²) < 4.78 is 19.9. The Labute approximate surface area is 205 Å². The number of nitrogens with zero attached hydrogens (tertiary/aromatic N) is 3. The first kappa shape index (κ1) is 24.6. The molecule has 4 rings (SSSR count). The maximum Gasteiger partial charge on any atom is 0.152 e. The van der Waals surface area contributed by atoms with Gasteiger partial charge in [0.25, 0.3) is 0 Å². The van der Waals surface area contributed by atoms with Crippen LogP contribution in [0.1, 0.15) is 45.4 Å². The number of halogens is 2. The summed E-state index contributed by atoms with van der Waals surface area (Å²) in [6.07, 6.45) is 8.73. The molecule has 0 amide bonds. The van der Waals surface area contributed by atoms with Crippen molar-refractivity contribution in [1.82, 2.24) is 15.3 Å². The third-order valence-corrected chi connectivity index (χ3v) is 7.03. The van der Waals surface area contributed by atoms with E-state index >= 15 is 0 Å². The van der Waals surface area contributed by atoms with Gasteiger partial charge in [-0.3, -0.25) is 0 Å². The van der Waals surface area contributed by atoms with E-state index < -0.39 is 5.82 Å². The van der Waals surface area contributed by atoms with Crippen LogP contribution in [0.15, 0.2) is 24.5 Å². The summed E-state index contributed by atoms with van der Waals surface area (Å²) in [4.78, 5) is 8.49. The fraction of sp³-hybridized carbons (Fsp3) is 0.560. The molecule has 3 N–H and O–H groups in total. The van der Waals surface area contributed by atoms with E-state index in [1.807, 2.05) is 0 Å². The van der Waals surface area contributed by atoms with Gasteiger partial charge in [-0.1, -0.05) is 11.6 Å². The molecule has 34 heavy (non-hydrogen) atoms. The smallest absolute Gasteiger partial charge is 0.152 e. The predicted molar refractivity (Wildman–Crippen MR) is 132 cm³/mol. The normalized spacial score (nSPS) is 22.0. The van der Waals surface area contributed by atoms with Gasteiger partial charge in [-0.15, -0.1) is 0 Å². The van der Waals surface area contributed by atoms with E-state index in [4.69, 9.17) is 16.3 Å². The summed E-state index contributed by atoms with van der Waals surface area (Å²) in [5.74, 6) is 0.225. The molecule has 2 aromatic rings. The van der Waals surface area contributed by atoms with Gasteiger partial charge in [0, 0.05) is 49.1 Å². The molecular weight excluding hydrogens is 455 g/mol. The van der Waals surface area contributed by atoms with Gasteiger partial charge in [0.15, 0.2) is 5.15 Å². The molecule has 1 atom stereocenters. The number of aromatic nitrogens is 2. The fourth-order valence-electron chi connectivity index (χ4n) is 4.52. The molecule has 2 saturated carbocycles. The lowest BCUT2D eigenvalue weighted by Crippen LogP contribution is -2.42. The third kappa shape index (κ3) is 6.15. The van der Waals surface area contributed by atoms with Crippen LogP contribution >= 0.6 is 11.6 Å². The molecule has 9 heteroatoms. The Balaban J connectivity index is 1.40. The molecule has 2 fully saturated rings. The highest BCUT2D eigenvalue weighted by atomic mass is 35.5. The quantitative estimate of drug-likeness (QED) is 0.407. The number of anilines is 2. The van der Waals surface area contributed by atoms with Crippen LogP contribution in [0, 0.1) is 22.6 Å². The summed E-state index contributed by atoms with van der Waals surface area (Å²) in [6.45, 7) is 3.34. The van der Waals surface area contributed by atoms with Gasteiger partial charge in [0.2, 0.25) is 0 Å². The molecule has 0 unspecified atom stereocenters. The molecule has 7 nitrogen and oxygen atoms in total. The van der Waals surface area contributed by atoms with E-state index in [0.717, 1.165) is 38.5 Å². The van der Waals surface area contributed by atoms with Crippen molar-refractivity contribution in [2.75, 3.05) is 30.9 Å². The van der Waals surface area contributed by atoms with Gasteiger partial charge in [-0.25, -0.2) is 14.4 Å². The zero-order chi connectivity index (χ0) is 24.1. The molecule has 2 heterocycles. The molecule has 0 radical (unpaired) electrons. The Morgan fingerprint density at radius 3 is 2.62 bits per heavy atom. The van der Waals surface area contributed by atoms with Crippen LogP contribution in [0.5, 0.6) is 0 Å². The third-order valence-electron chi connectivity index (χ3n) is 6.73. The van der Waals surface area contributed by atoms with Crippen molar-refractivity contribution < 1.29 is 9.13 Å². The Morgan fingerprint density at radius 2 is 1.94 bits per heavy atom. The van der Waals surface area contributed by atoms with Gasteiger partial charge >= 0.3 is 0 Å². The second-order valence-electron chi connectivity index (χ2n) is 9.57. The Hall–Kier alpha value is -2.47. The molecule has 182 valence electrons. The van der Waals surface area contributed by atoms with Crippen LogP contribution in [0.2, 0.25) is 5.15 Å². The van der Waals surface area contributed by atoms with Gasteiger partial charge < -0.3 is 20.7 Å². The molecule has 2 aromatic heterocycles. The van der Waals surface area contributed by atoms with Crippen molar-refractivity contribution in [3.63, 3.8) is 0 Å². The topological polar surface area (TPSA) is 94.9 Å². The average molecular weight is 487 g/mol. The first-order chi connectivity index (χ1) is 16.4. The van der Waals surface area contributed by atoms with Crippen LogP contribution in [-0.4, -0.2) is 48.4 Å². The van der Waals surface area contributed by atoms with Crippen molar-refractivity contribution >= 4 is 23.1 Å². The van der Waals surface area contributed by atoms with Gasteiger partial charge in [0.1, 0.15) is 11.6 Å². The minimum Gasteiger partial charge on any atom is -0.383 e. The van der Waals surface area contributed by atoms with Crippen LogP contribution in [0.4, 0.5) is 15.9 Å². The molecule has 0 saturated heterocycles. The van der Waals surface area contributed by atoms with Crippen LogP contribution in [0.3, 0.4) is 0 Å². The Bertz CT molecular complexity index is 1030. The molecule has 0 aromatic carbocycles. The van der Waals surface area contributed by atoms with E-state index in [1.54, 1.807) is 25.4 Å². The molecule has 0 aliphatic heterocycles. The number of hydrogen-bond donors (Lipinski definition) is 3.